The molecule has 1 aliphatic heterocycles. The predicted octanol–water partition coefficient (Wildman–Crippen LogP) is -0.580. The topological polar surface area (TPSA) is 38.8 Å². The smallest absolute Gasteiger partial charge is 0.310 e. The van der Waals surface area contributed by atoms with Crippen molar-refractivity contribution in [3.63, 3.8) is 0 Å². The van der Waals surface area contributed by atoms with E-state index in [1.807, 2.05) is 30.3 Å². The molecular formula is C18H25ClNO3-. The van der Waals surface area contributed by atoms with Crippen LogP contribution in [0, 0.1) is 0 Å². The average molecular weight is 339 g/mol. The van der Waals surface area contributed by atoms with Crippen LogP contribution in [0.4, 0.5) is 0 Å². The van der Waals surface area contributed by atoms with Gasteiger partial charge in [0, 0.05) is 19.1 Å². The Morgan fingerprint density at radius 3 is 2.57 bits per heavy atom. The van der Waals surface area contributed by atoms with E-state index in [-0.39, 0.29) is 24.5 Å². The van der Waals surface area contributed by atoms with Crippen LogP contribution in [0.15, 0.2) is 30.3 Å². The predicted molar refractivity (Wildman–Crippen MR) is 84.7 cm³/mol. The average Bonchev–Trinajstić information content (AvgIpc) is 2.57. The Balaban J connectivity index is 0.00000192. The van der Waals surface area contributed by atoms with Crippen molar-refractivity contribution >= 4 is 5.97 Å². The number of morpholine rings is 1. The van der Waals surface area contributed by atoms with Gasteiger partial charge in [0.15, 0.2) is 0 Å². The number of esters is 1. The minimum Gasteiger partial charge on any atom is -1.00 e. The summed E-state index contributed by atoms with van der Waals surface area (Å²) in [6.07, 6.45) is 4.92. The van der Waals surface area contributed by atoms with E-state index < -0.39 is 0 Å². The van der Waals surface area contributed by atoms with Gasteiger partial charge in [-0.1, -0.05) is 36.8 Å². The minimum atomic E-state index is -0.101. The molecule has 2 unspecified atom stereocenters. The molecule has 1 aliphatic carbocycles. The molecule has 0 aromatic heterocycles. The van der Waals surface area contributed by atoms with Crippen LogP contribution in [0.5, 0.6) is 0 Å². The maximum atomic E-state index is 12.2. The largest absolute Gasteiger partial charge is 1.00 e. The zero-order valence-electron chi connectivity index (χ0n) is 13.5. The highest BCUT2D eigenvalue weighted by Crippen LogP contribution is 2.26. The van der Waals surface area contributed by atoms with E-state index in [1.54, 1.807) is 0 Å². The van der Waals surface area contributed by atoms with Gasteiger partial charge in [-0.3, -0.25) is 9.69 Å². The fourth-order valence-electron chi connectivity index (χ4n) is 3.51. The van der Waals surface area contributed by atoms with Crippen molar-refractivity contribution in [1.82, 2.24) is 4.90 Å². The minimum absolute atomic E-state index is 0. The number of benzene rings is 1. The van der Waals surface area contributed by atoms with Crippen LogP contribution in [0.2, 0.25) is 0 Å². The van der Waals surface area contributed by atoms with Gasteiger partial charge < -0.3 is 21.9 Å². The SMILES string of the molecule is O=C(Cc1ccccc1)OC1CCCCC1N1CCOCC1.[Cl-]. The Bertz CT molecular complexity index is 476. The lowest BCUT2D eigenvalue weighted by Gasteiger charge is -2.41. The van der Waals surface area contributed by atoms with Crippen LogP contribution in [0.1, 0.15) is 31.2 Å². The van der Waals surface area contributed by atoms with Crippen LogP contribution in [0.25, 0.3) is 0 Å². The maximum absolute atomic E-state index is 12.2. The summed E-state index contributed by atoms with van der Waals surface area (Å²) in [4.78, 5) is 14.7. The second-order valence-electron chi connectivity index (χ2n) is 6.19. The van der Waals surface area contributed by atoms with E-state index in [0.717, 1.165) is 51.1 Å². The number of nitrogens with zero attached hydrogens (tertiary/aromatic N) is 1. The number of hydrogen-bond acceptors (Lipinski definition) is 4. The molecule has 4 nitrogen and oxygen atoms in total. The van der Waals surface area contributed by atoms with E-state index in [1.165, 1.54) is 6.42 Å². The quantitative estimate of drug-likeness (QED) is 0.689. The van der Waals surface area contributed by atoms with Crippen LogP contribution in [-0.4, -0.2) is 49.3 Å². The van der Waals surface area contributed by atoms with Gasteiger partial charge in [-0.05, 0) is 24.8 Å². The van der Waals surface area contributed by atoms with Gasteiger partial charge in [-0.15, -0.1) is 0 Å². The number of ether oxygens (including phenoxy) is 2. The van der Waals surface area contributed by atoms with Gasteiger partial charge >= 0.3 is 5.97 Å². The van der Waals surface area contributed by atoms with Gasteiger partial charge in [0.05, 0.1) is 19.6 Å². The lowest BCUT2D eigenvalue weighted by Crippen LogP contribution is -3.00. The fraction of sp³-hybridized carbons (Fsp3) is 0.611. The molecule has 5 heteroatoms. The first kappa shape index (κ1) is 18.2. The van der Waals surface area contributed by atoms with E-state index in [9.17, 15) is 4.79 Å². The second kappa shape index (κ2) is 9.26. The van der Waals surface area contributed by atoms with Crippen molar-refractivity contribution in [2.24, 2.45) is 0 Å². The molecule has 2 atom stereocenters. The van der Waals surface area contributed by atoms with E-state index >= 15 is 0 Å². The third-order valence-electron chi connectivity index (χ3n) is 4.66. The van der Waals surface area contributed by atoms with Crippen molar-refractivity contribution in [2.75, 3.05) is 26.3 Å². The summed E-state index contributed by atoms with van der Waals surface area (Å²) in [7, 11) is 0. The molecule has 0 amide bonds. The van der Waals surface area contributed by atoms with Gasteiger partial charge in [0.25, 0.3) is 0 Å². The summed E-state index contributed by atoms with van der Waals surface area (Å²) >= 11 is 0. The first-order valence-corrected chi connectivity index (χ1v) is 8.38. The highest BCUT2D eigenvalue weighted by Gasteiger charge is 2.33. The zero-order chi connectivity index (χ0) is 15.2. The molecule has 0 radical (unpaired) electrons. The molecule has 0 N–H and O–H groups in total. The Hall–Kier alpha value is -1.10. The zero-order valence-corrected chi connectivity index (χ0v) is 14.2. The molecule has 128 valence electrons. The van der Waals surface area contributed by atoms with Gasteiger partial charge in [0.2, 0.25) is 0 Å². The standard InChI is InChI=1S/C18H25NO3.ClH/c20-18(14-15-6-2-1-3-7-15)22-17-9-5-4-8-16(17)19-10-12-21-13-11-19;/h1-3,6-7,16-17H,4-5,8-14H2;1H/p-1. The number of hydrogen-bond donors (Lipinski definition) is 0. The monoisotopic (exact) mass is 338 g/mol. The first-order chi connectivity index (χ1) is 10.8. The summed E-state index contributed by atoms with van der Waals surface area (Å²) in [5, 5.41) is 0. The Labute approximate surface area is 144 Å². The fourth-order valence-corrected chi connectivity index (χ4v) is 3.51. The van der Waals surface area contributed by atoms with Gasteiger partial charge in [0.1, 0.15) is 6.10 Å². The summed E-state index contributed by atoms with van der Waals surface area (Å²) < 4.78 is 11.3. The molecule has 23 heavy (non-hydrogen) atoms. The summed E-state index contributed by atoms with van der Waals surface area (Å²) in [6.45, 7) is 3.50. The van der Waals surface area contributed by atoms with E-state index in [0.29, 0.717) is 12.5 Å². The molecule has 1 aromatic carbocycles. The summed E-state index contributed by atoms with van der Waals surface area (Å²) in [5.41, 5.74) is 1.02. The molecule has 1 aromatic rings. The molecule has 0 spiro atoms. The molecule has 2 fully saturated rings. The van der Waals surface area contributed by atoms with Gasteiger partial charge in [-0.2, -0.15) is 0 Å². The van der Waals surface area contributed by atoms with Crippen molar-refractivity contribution in [3.8, 4) is 0 Å². The summed E-state index contributed by atoms with van der Waals surface area (Å²) in [6, 6.07) is 10.2. The van der Waals surface area contributed by atoms with Crippen molar-refractivity contribution in [2.45, 2.75) is 44.2 Å². The molecule has 3 rings (SSSR count). The van der Waals surface area contributed by atoms with E-state index in [2.05, 4.69) is 4.90 Å². The number of rotatable bonds is 4. The highest BCUT2D eigenvalue weighted by molar-refractivity contribution is 5.72. The normalized spacial score (nSPS) is 25.4. The third-order valence-corrected chi connectivity index (χ3v) is 4.66. The lowest BCUT2D eigenvalue weighted by atomic mass is 9.91. The molecular weight excluding hydrogens is 314 g/mol. The molecule has 1 saturated heterocycles. The Kier molecular flexibility index (Phi) is 7.34. The van der Waals surface area contributed by atoms with Crippen LogP contribution in [0.3, 0.4) is 0 Å². The first-order valence-electron chi connectivity index (χ1n) is 8.38. The Morgan fingerprint density at radius 2 is 1.83 bits per heavy atom. The number of carbonyl (C=O) groups is 1. The third kappa shape index (κ3) is 5.20. The van der Waals surface area contributed by atoms with Crippen LogP contribution in [-0.2, 0) is 20.7 Å². The molecule has 1 saturated carbocycles. The van der Waals surface area contributed by atoms with Gasteiger partial charge in [-0.25, -0.2) is 0 Å². The second-order valence-corrected chi connectivity index (χ2v) is 6.19. The van der Waals surface area contributed by atoms with Crippen molar-refractivity contribution < 1.29 is 26.7 Å². The summed E-state index contributed by atoms with van der Waals surface area (Å²) in [5.74, 6) is -0.101. The molecule has 2 aliphatic rings. The molecule has 0 bridgehead atoms. The molecule has 1 heterocycles. The highest BCUT2D eigenvalue weighted by atomic mass is 35.5. The van der Waals surface area contributed by atoms with Crippen LogP contribution < -0.4 is 12.4 Å². The van der Waals surface area contributed by atoms with Crippen LogP contribution >= 0.6 is 0 Å². The van der Waals surface area contributed by atoms with Crippen molar-refractivity contribution in [3.05, 3.63) is 35.9 Å². The van der Waals surface area contributed by atoms with Crippen molar-refractivity contribution in [1.29, 1.82) is 0 Å². The maximum Gasteiger partial charge on any atom is 0.310 e. The lowest BCUT2D eigenvalue weighted by molar-refractivity contribution is -0.155. The number of carbonyl (C=O) groups excluding carboxylic acids is 1. The number of halogens is 1. The Morgan fingerprint density at radius 1 is 1.13 bits per heavy atom. The van der Waals surface area contributed by atoms with E-state index in [4.69, 9.17) is 9.47 Å².